The predicted octanol–water partition coefficient (Wildman–Crippen LogP) is -0.285. The van der Waals surface area contributed by atoms with E-state index < -0.39 is 0 Å². The molecule has 2 aromatic heterocycles. The van der Waals surface area contributed by atoms with E-state index in [1.165, 1.54) is 0 Å². The van der Waals surface area contributed by atoms with Crippen molar-refractivity contribution >= 4 is 11.5 Å². The van der Waals surface area contributed by atoms with Crippen LogP contribution in [0.25, 0.3) is 0 Å². The second-order valence-electron chi connectivity index (χ2n) is 4.11. The molecule has 0 aliphatic rings. The van der Waals surface area contributed by atoms with Crippen LogP contribution in [-0.2, 0) is 13.6 Å². The Labute approximate surface area is 100 Å². The smallest absolute Gasteiger partial charge is 0.297 e. The lowest BCUT2D eigenvalue weighted by molar-refractivity contribution is -0.697. The zero-order valence-electron chi connectivity index (χ0n) is 10.1. The second-order valence-corrected chi connectivity index (χ2v) is 4.11. The third kappa shape index (κ3) is 2.50. The number of aromatic nitrogens is 3. The summed E-state index contributed by atoms with van der Waals surface area (Å²) in [5, 5.41) is 0. The van der Waals surface area contributed by atoms with Gasteiger partial charge in [-0.2, -0.15) is 0 Å². The van der Waals surface area contributed by atoms with Crippen LogP contribution in [0.15, 0.2) is 30.7 Å². The molecule has 5 nitrogen and oxygen atoms in total. The third-order valence-corrected chi connectivity index (χ3v) is 2.74. The quantitative estimate of drug-likeness (QED) is 0.698. The molecule has 0 atom stereocenters. The van der Waals surface area contributed by atoms with Crippen LogP contribution in [0, 0.1) is 6.92 Å². The number of nitrogens with two attached hydrogens (primary N) is 2. The van der Waals surface area contributed by atoms with E-state index >= 15 is 0 Å². The molecule has 0 aromatic carbocycles. The van der Waals surface area contributed by atoms with Gasteiger partial charge in [0.2, 0.25) is 0 Å². The summed E-state index contributed by atoms with van der Waals surface area (Å²) < 4.78 is 3.97. The molecule has 5 heteroatoms. The first-order valence-electron chi connectivity index (χ1n) is 5.42. The molecule has 88 valence electrons. The van der Waals surface area contributed by atoms with Crippen LogP contribution in [0.1, 0.15) is 11.4 Å². The largest absolute Gasteiger partial charge is 0.398 e. The fourth-order valence-electron chi connectivity index (χ4n) is 1.61. The van der Waals surface area contributed by atoms with Crippen LogP contribution in [0.4, 0.5) is 11.5 Å². The first kappa shape index (κ1) is 11.3. The van der Waals surface area contributed by atoms with Crippen LogP contribution in [-0.4, -0.2) is 4.98 Å². The van der Waals surface area contributed by atoms with Crippen molar-refractivity contribution in [3.63, 3.8) is 0 Å². The molecular formula is C12H17N5+2. The highest BCUT2D eigenvalue weighted by atomic mass is 15.0. The standard InChI is InChI=1S/C12H15N5/c1-9-15-12(14)10(7-16(9)2)8-17-5-3-11(13)4-6-17/h3-7,13-14H,8H2,1-2H3/p+2. The van der Waals surface area contributed by atoms with Gasteiger partial charge in [-0.15, -0.1) is 0 Å². The van der Waals surface area contributed by atoms with Crippen molar-refractivity contribution in [1.82, 2.24) is 4.98 Å². The summed E-state index contributed by atoms with van der Waals surface area (Å²) in [7, 11) is 1.96. The van der Waals surface area contributed by atoms with Gasteiger partial charge < -0.3 is 11.5 Å². The van der Waals surface area contributed by atoms with Gasteiger partial charge >= 0.3 is 0 Å². The number of anilines is 2. The zero-order chi connectivity index (χ0) is 12.4. The highest BCUT2D eigenvalue weighted by Crippen LogP contribution is 2.05. The fraction of sp³-hybridized carbons (Fsp3) is 0.250. The number of pyridine rings is 1. The summed E-state index contributed by atoms with van der Waals surface area (Å²) in [6.45, 7) is 2.61. The van der Waals surface area contributed by atoms with Crippen LogP contribution in [0.5, 0.6) is 0 Å². The van der Waals surface area contributed by atoms with E-state index in [0.29, 0.717) is 12.4 Å². The van der Waals surface area contributed by atoms with E-state index in [1.807, 2.05) is 53.8 Å². The zero-order valence-corrected chi connectivity index (χ0v) is 10.1. The van der Waals surface area contributed by atoms with Gasteiger partial charge in [-0.25, -0.2) is 9.13 Å². The number of nitrogens with zero attached hydrogens (tertiary/aromatic N) is 3. The Bertz CT molecular complexity index is 533. The van der Waals surface area contributed by atoms with Crippen molar-refractivity contribution in [3.8, 4) is 0 Å². The molecule has 2 rings (SSSR count). The molecule has 2 heterocycles. The van der Waals surface area contributed by atoms with Crippen LogP contribution < -0.4 is 20.6 Å². The normalized spacial score (nSPS) is 10.5. The minimum absolute atomic E-state index is 0.574. The maximum absolute atomic E-state index is 5.91. The van der Waals surface area contributed by atoms with E-state index in [0.717, 1.165) is 17.1 Å². The topological polar surface area (TPSA) is 72.7 Å². The SMILES string of the molecule is Cc1nc(N)c(C[n+]2ccc(N)cc2)c[n+]1C. The molecule has 0 amide bonds. The van der Waals surface area contributed by atoms with Crippen molar-refractivity contribution in [1.29, 1.82) is 0 Å². The Morgan fingerprint density at radius 3 is 2.53 bits per heavy atom. The summed E-state index contributed by atoms with van der Waals surface area (Å²) in [4.78, 5) is 4.29. The molecule has 0 bridgehead atoms. The summed E-state index contributed by atoms with van der Waals surface area (Å²) in [5.41, 5.74) is 13.3. The molecule has 17 heavy (non-hydrogen) atoms. The molecule has 0 spiro atoms. The van der Waals surface area contributed by atoms with Crippen molar-refractivity contribution in [2.24, 2.45) is 7.05 Å². The second kappa shape index (κ2) is 4.37. The van der Waals surface area contributed by atoms with Gasteiger partial charge in [-0.3, -0.25) is 0 Å². The highest BCUT2D eigenvalue weighted by molar-refractivity contribution is 5.35. The molecular weight excluding hydrogens is 214 g/mol. The van der Waals surface area contributed by atoms with Gasteiger partial charge in [0.05, 0.1) is 7.05 Å². The number of rotatable bonds is 2. The summed E-state index contributed by atoms with van der Waals surface area (Å²) in [6, 6.07) is 3.72. The molecule has 4 N–H and O–H groups in total. The Morgan fingerprint density at radius 2 is 1.88 bits per heavy atom. The van der Waals surface area contributed by atoms with Gasteiger partial charge in [0.25, 0.3) is 11.6 Å². The van der Waals surface area contributed by atoms with Gasteiger partial charge in [-0.1, -0.05) is 0 Å². The van der Waals surface area contributed by atoms with Crippen LogP contribution in [0.2, 0.25) is 0 Å². The van der Waals surface area contributed by atoms with E-state index in [2.05, 4.69) is 4.98 Å². The highest BCUT2D eigenvalue weighted by Gasteiger charge is 2.15. The van der Waals surface area contributed by atoms with E-state index in [1.54, 1.807) is 0 Å². The minimum atomic E-state index is 0.574. The average Bonchev–Trinajstić information content (AvgIpc) is 2.29. The molecule has 0 aliphatic heterocycles. The van der Waals surface area contributed by atoms with Crippen molar-refractivity contribution in [3.05, 3.63) is 42.1 Å². The molecule has 2 aromatic rings. The van der Waals surface area contributed by atoms with E-state index in [-0.39, 0.29) is 0 Å². The van der Waals surface area contributed by atoms with Gasteiger partial charge in [0.15, 0.2) is 18.9 Å². The first-order chi connectivity index (χ1) is 8.06. The van der Waals surface area contributed by atoms with Crippen molar-refractivity contribution < 1.29 is 9.13 Å². The average molecular weight is 231 g/mol. The lowest BCUT2D eigenvalue weighted by Crippen LogP contribution is -2.38. The third-order valence-electron chi connectivity index (χ3n) is 2.74. The monoisotopic (exact) mass is 231 g/mol. The summed E-state index contributed by atoms with van der Waals surface area (Å²) >= 11 is 0. The Balaban J connectivity index is 2.30. The number of nitrogen functional groups attached to an aromatic ring is 2. The number of aryl methyl sites for hydroxylation is 2. The molecule has 0 saturated carbocycles. The first-order valence-corrected chi connectivity index (χ1v) is 5.42. The van der Waals surface area contributed by atoms with Crippen molar-refractivity contribution in [2.75, 3.05) is 11.5 Å². The predicted molar refractivity (Wildman–Crippen MR) is 64.7 cm³/mol. The van der Waals surface area contributed by atoms with Crippen LogP contribution >= 0.6 is 0 Å². The fourth-order valence-corrected chi connectivity index (χ4v) is 1.61. The van der Waals surface area contributed by atoms with Crippen molar-refractivity contribution in [2.45, 2.75) is 13.5 Å². The number of hydrogen-bond acceptors (Lipinski definition) is 3. The Morgan fingerprint density at radius 1 is 1.24 bits per heavy atom. The summed E-state index contributed by atoms with van der Waals surface area (Å²) in [5.74, 6) is 1.47. The van der Waals surface area contributed by atoms with Crippen LogP contribution in [0.3, 0.4) is 0 Å². The van der Waals surface area contributed by atoms with E-state index in [9.17, 15) is 0 Å². The maximum atomic E-state index is 5.91. The molecule has 0 aliphatic carbocycles. The van der Waals surface area contributed by atoms with Gasteiger partial charge in [0, 0.05) is 24.7 Å². The van der Waals surface area contributed by atoms with Gasteiger partial charge in [0.1, 0.15) is 11.8 Å². The number of hydrogen-bond donors (Lipinski definition) is 2. The van der Waals surface area contributed by atoms with E-state index in [4.69, 9.17) is 11.5 Å². The molecule has 0 radical (unpaired) electrons. The summed E-state index contributed by atoms with van der Waals surface area (Å²) in [6.07, 6.45) is 5.85. The lowest BCUT2D eigenvalue weighted by atomic mass is 10.3. The molecule has 0 fully saturated rings. The Kier molecular flexibility index (Phi) is 2.91. The molecule has 0 unspecified atom stereocenters. The lowest BCUT2D eigenvalue weighted by Gasteiger charge is -2.00. The minimum Gasteiger partial charge on any atom is -0.398 e. The maximum Gasteiger partial charge on any atom is 0.297 e. The van der Waals surface area contributed by atoms with Gasteiger partial charge in [-0.05, 0) is 4.98 Å². The Hall–Kier alpha value is -2.17. The molecule has 0 saturated heterocycles.